The molecule has 7 nitrogen and oxygen atoms in total. The van der Waals surface area contributed by atoms with Gasteiger partial charge in [0, 0.05) is 25.7 Å². The fourth-order valence-electron chi connectivity index (χ4n) is 3.13. The van der Waals surface area contributed by atoms with Gasteiger partial charge in [-0.1, -0.05) is 13.8 Å². The highest BCUT2D eigenvalue weighted by Crippen LogP contribution is 2.33. The van der Waals surface area contributed by atoms with Gasteiger partial charge in [0.1, 0.15) is 5.56 Å². The number of carbonyl (C=O) groups excluding carboxylic acids is 2. The highest BCUT2D eigenvalue weighted by Gasteiger charge is 2.33. The first-order valence-electron chi connectivity index (χ1n) is 7.89. The van der Waals surface area contributed by atoms with Crippen LogP contribution in [0.25, 0.3) is 5.65 Å². The van der Waals surface area contributed by atoms with Crippen molar-refractivity contribution in [3.63, 3.8) is 0 Å². The lowest BCUT2D eigenvalue weighted by Crippen LogP contribution is -2.34. The quantitative estimate of drug-likeness (QED) is 0.928. The third-order valence-corrected chi connectivity index (χ3v) is 4.27. The van der Waals surface area contributed by atoms with Crippen LogP contribution in [-0.4, -0.2) is 44.9 Å². The molecule has 3 rings (SSSR count). The van der Waals surface area contributed by atoms with E-state index in [2.05, 4.69) is 15.4 Å². The molecule has 1 atom stereocenters. The molecule has 0 radical (unpaired) electrons. The summed E-state index contributed by atoms with van der Waals surface area (Å²) in [5, 5.41) is 6.92. The Labute approximate surface area is 134 Å². The Morgan fingerprint density at radius 1 is 1.39 bits per heavy atom. The summed E-state index contributed by atoms with van der Waals surface area (Å²) in [5.74, 6) is -0.102. The summed E-state index contributed by atoms with van der Waals surface area (Å²) in [4.78, 5) is 30.6. The minimum absolute atomic E-state index is 0.0205. The summed E-state index contributed by atoms with van der Waals surface area (Å²) in [6.07, 6.45) is 5.06. The van der Waals surface area contributed by atoms with Crippen molar-refractivity contribution in [1.29, 1.82) is 0 Å². The maximum Gasteiger partial charge on any atom is 0.256 e. The molecule has 0 unspecified atom stereocenters. The average Bonchev–Trinajstić information content (AvgIpc) is 3.19. The van der Waals surface area contributed by atoms with Gasteiger partial charge in [-0.3, -0.25) is 9.59 Å². The van der Waals surface area contributed by atoms with Gasteiger partial charge in [0.2, 0.25) is 5.91 Å². The van der Waals surface area contributed by atoms with Gasteiger partial charge >= 0.3 is 0 Å². The Morgan fingerprint density at radius 3 is 2.87 bits per heavy atom. The number of fused-ring (bicyclic) bond motifs is 1. The van der Waals surface area contributed by atoms with Crippen LogP contribution in [0.2, 0.25) is 0 Å². The molecular formula is C16H21N5O2. The average molecular weight is 315 g/mol. The Balaban J connectivity index is 2.04. The van der Waals surface area contributed by atoms with Crippen LogP contribution in [0, 0.1) is 5.92 Å². The first kappa shape index (κ1) is 15.5. The topological polar surface area (TPSA) is 79.6 Å². The van der Waals surface area contributed by atoms with Gasteiger partial charge in [-0.05, 0) is 18.9 Å². The van der Waals surface area contributed by atoms with Crippen molar-refractivity contribution in [3.05, 3.63) is 29.7 Å². The van der Waals surface area contributed by atoms with E-state index in [1.807, 2.05) is 24.8 Å². The van der Waals surface area contributed by atoms with E-state index in [0.29, 0.717) is 11.2 Å². The molecule has 0 spiro atoms. The maximum atomic E-state index is 12.4. The van der Waals surface area contributed by atoms with Crippen molar-refractivity contribution >= 4 is 17.5 Å². The molecule has 0 aliphatic carbocycles. The second-order valence-electron chi connectivity index (χ2n) is 6.09. The smallest absolute Gasteiger partial charge is 0.256 e. The van der Waals surface area contributed by atoms with Crippen molar-refractivity contribution in [2.75, 3.05) is 13.6 Å². The van der Waals surface area contributed by atoms with Crippen LogP contribution in [0.15, 0.2) is 18.5 Å². The predicted molar refractivity (Wildman–Crippen MR) is 84.9 cm³/mol. The van der Waals surface area contributed by atoms with Gasteiger partial charge in [-0.2, -0.15) is 5.10 Å². The van der Waals surface area contributed by atoms with Crippen LogP contribution in [0.1, 0.15) is 48.8 Å². The van der Waals surface area contributed by atoms with Crippen molar-refractivity contribution in [2.45, 2.75) is 32.7 Å². The van der Waals surface area contributed by atoms with Crippen molar-refractivity contribution in [1.82, 2.24) is 24.8 Å². The van der Waals surface area contributed by atoms with Crippen LogP contribution < -0.4 is 5.32 Å². The number of likely N-dealkylation sites (tertiary alicyclic amines) is 1. The lowest BCUT2D eigenvalue weighted by Gasteiger charge is -2.26. The second kappa shape index (κ2) is 5.98. The number of amides is 2. The second-order valence-corrected chi connectivity index (χ2v) is 6.09. The van der Waals surface area contributed by atoms with Gasteiger partial charge in [0.05, 0.1) is 17.9 Å². The zero-order chi connectivity index (χ0) is 16.6. The minimum atomic E-state index is -0.216. The van der Waals surface area contributed by atoms with E-state index in [9.17, 15) is 9.59 Å². The number of nitrogens with one attached hydrogen (secondary N) is 1. The summed E-state index contributed by atoms with van der Waals surface area (Å²) < 4.78 is 1.68. The predicted octanol–water partition coefficient (Wildman–Crippen LogP) is 1.41. The number of carbonyl (C=O) groups is 2. The Kier molecular flexibility index (Phi) is 4.02. The van der Waals surface area contributed by atoms with Crippen molar-refractivity contribution in [2.24, 2.45) is 5.92 Å². The lowest BCUT2D eigenvalue weighted by molar-refractivity contribution is -0.135. The third kappa shape index (κ3) is 2.56. The van der Waals surface area contributed by atoms with E-state index in [0.717, 1.165) is 25.1 Å². The number of aromatic nitrogens is 3. The summed E-state index contributed by atoms with van der Waals surface area (Å²) in [5.41, 5.74) is 1.86. The molecule has 23 heavy (non-hydrogen) atoms. The molecule has 122 valence electrons. The van der Waals surface area contributed by atoms with Gasteiger partial charge in [0.25, 0.3) is 5.91 Å². The molecule has 3 heterocycles. The highest BCUT2D eigenvalue weighted by molar-refractivity contribution is 5.99. The van der Waals surface area contributed by atoms with E-state index in [1.54, 1.807) is 17.8 Å². The van der Waals surface area contributed by atoms with Gasteiger partial charge in [-0.25, -0.2) is 9.50 Å². The Hall–Kier alpha value is -2.44. The highest BCUT2D eigenvalue weighted by atomic mass is 16.2. The van der Waals surface area contributed by atoms with Crippen LogP contribution in [0.5, 0.6) is 0 Å². The molecule has 1 N–H and O–H groups in total. The fourth-order valence-corrected chi connectivity index (χ4v) is 3.13. The first-order valence-corrected chi connectivity index (χ1v) is 7.89. The van der Waals surface area contributed by atoms with Crippen molar-refractivity contribution < 1.29 is 9.59 Å². The SMILES string of the molecule is CNC(=O)c1cnn2c([C@H]3CCCN3C(=O)C(C)C)ccnc12. The molecule has 1 fully saturated rings. The largest absolute Gasteiger partial charge is 0.355 e. The fraction of sp³-hybridized carbons (Fsp3) is 0.500. The number of hydrogen-bond donors (Lipinski definition) is 1. The van der Waals surface area contributed by atoms with E-state index < -0.39 is 0 Å². The molecular weight excluding hydrogens is 294 g/mol. The molecule has 7 heteroatoms. The molecule has 1 aliphatic heterocycles. The van der Waals surface area contributed by atoms with E-state index >= 15 is 0 Å². The zero-order valence-corrected chi connectivity index (χ0v) is 13.6. The standard InChI is InChI=1S/C16H21N5O2/c1-10(2)16(23)20-8-4-5-12(20)13-6-7-18-14-11(15(22)17-3)9-19-21(13)14/h6-7,9-10,12H,4-5,8H2,1-3H3,(H,17,22)/t12-/m1/s1. The summed E-state index contributed by atoms with van der Waals surface area (Å²) in [6.45, 7) is 4.59. The van der Waals surface area contributed by atoms with Crippen LogP contribution in [-0.2, 0) is 4.79 Å². The number of hydrogen-bond acceptors (Lipinski definition) is 4. The van der Waals surface area contributed by atoms with Gasteiger partial charge in [0.15, 0.2) is 5.65 Å². The monoisotopic (exact) mass is 315 g/mol. The summed E-state index contributed by atoms with van der Waals surface area (Å²) in [7, 11) is 1.58. The third-order valence-electron chi connectivity index (χ3n) is 4.27. The van der Waals surface area contributed by atoms with Crippen LogP contribution >= 0.6 is 0 Å². The molecule has 0 bridgehead atoms. The molecule has 0 aromatic carbocycles. The van der Waals surface area contributed by atoms with Crippen LogP contribution in [0.4, 0.5) is 0 Å². The van der Waals surface area contributed by atoms with E-state index in [1.165, 1.54) is 6.20 Å². The Morgan fingerprint density at radius 2 is 2.17 bits per heavy atom. The maximum absolute atomic E-state index is 12.4. The minimum Gasteiger partial charge on any atom is -0.355 e. The number of rotatable bonds is 3. The van der Waals surface area contributed by atoms with Gasteiger partial charge in [-0.15, -0.1) is 0 Å². The van der Waals surface area contributed by atoms with Crippen molar-refractivity contribution in [3.8, 4) is 0 Å². The molecule has 2 aromatic rings. The summed E-state index contributed by atoms with van der Waals surface area (Å²) >= 11 is 0. The first-order chi connectivity index (χ1) is 11.0. The van der Waals surface area contributed by atoms with E-state index in [-0.39, 0.29) is 23.8 Å². The normalized spacial score (nSPS) is 17.9. The molecule has 2 aromatic heterocycles. The zero-order valence-electron chi connectivity index (χ0n) is 13.6. The number of nitrogens with zero attached hydrogens (tertiary/aromatic N) is 4. The van der Waals surface area contributed by atoms with Gasteiger partial charge < -0.3 is 10.2 Å². The Bertz CT molecular complexity index is 752. The van der Waals surface area contributed by atoms with Crippen LogP contribution in [0.3, 0.4) is 0 Å². The molecule has 1 saturated heterocycles. The molecule has 0 saturated carbocycles. The summed E-state index contributed by atoms with van der Waals surface area (Å²) in [6, 6.07) is 1.86. The molecule has 2 amide bonds. The molecule has 1 aliphatic rings. The van der Waals surface area contributed by atoms with E-state index in [4.69, 9.17) is 0 Å². The lowest BCUT2D eigenvalue weighted by atomic mass is 10.1.